The van der Waals surface area contributed by atoms with E-state index in [1.54, 1.807) is 12.3 Å². The summed E-state index contributed by atoms with van der Waals surface area (Å²) < 4.78 is 6.04. The summed E-state index contributed by atoms with van der Waals surface area (Å²) in [6, 6.07) is 14.3. The first-order valence-electron chi connectivity index (χ1n) is 8.53. The van der Waals surface area contributed by atoms with Gasteiger partial charge in [-0.05, 0) is 18.1 Å². The summed E-state index contributed by atoms with van der Waals surface area (Å²) >= 11 is 0. The van der Waals surface area contributed by atoms with E-state index in [1.165, 1.54) is 5.56 Å². The highest BCUT2D eigenvalue weighted by atomic mass is 16.5. The van der Waals surface area contributed by atoms with Crippen LogP contribution in [0.3, 0.4) is 0 Å². The summed E-state index contributed by atoms with van der Waals surface area (Å²) in [5.41, 5.74) is 2.09. The molecule has 1 aromatic heterocycles. The number of rotatable bonds is 3. The van der Waals surface area contributed by atoms with Crippen molar-refractivity contribution in [3.05, 3.63) is 59.4 Å². The Morgan fingerprint density at radius 1 is 1.32 bits per heavy atom. The smallest absolute Gasteiger partial charge is 0.267 e. The van der Waals surface area contributed by atoms with Crippen LogP contribution in [0.2, 0.25) is 0 Å². The number of aromatic amines is 1. The van der Waals surface area contributed by atoms with Gasteiger partial charge in [0.05, 0.1) is 18.3 Å². The number of aromatic nitrogens is 1. The molecule has 2 aliphatic rings. The number of carbonyl (C=O) groups is 1. The maximum atomic E-state index is 12.3. The van der Waals surface area contributed by atoms with E-state index < -0.39 is 0 Å². The largest absolute Gasteiger partial charge is 0.371 e. The third kappa shape index (κ3) is 3.29. The van der Waals surface area contributed by atoms with Crippen LogP contribution in [0.5, 0.6) is 0 Å². The van der Waals surface area contributed by atoms with Gasteiger partial charge >= 0.3 is 0 Å². The molecule has 0 bridgehead atoms. The molecule has 1 amide bonds. The van der Waals surface area contributed by atoms with E-state index >= 15 is 0 Å². The van der Waals surface area contributed by atoms with E-state index in [0.717, 1.165) is 19.5 Å². The van der Waals surface area contributed by atoms with Gasteiger partial charge in [-0.15, -0.1) is 0 Å². The number of benzene rings is 1. The molecule has 0 aliphatic carbocycles. The molecule has 2 saturated heterocycles. The first-order chi connectivity index (χ1) is 12.2. The van der Waals surface area contributed by atoms with Crippen molar-refractivity contribution < 1.29 is 9.53 Å². The fourth-order valence-electron chi connectivity index (χ4n) is 3.70. The topological polar surface area (TPSA) is 81.1 Å². The molecule has 1 aromatic carbocycles. The highest BCUT2D eigenvalue weighted by molar-refractivity contribution is 5.93. The molecule has 2 N–H and O–H groups in total. The first kappa shape index (κ1) is 15.9. The summed E-state index contributed by atoms with van der Waals surface area (Å²) in [5.74, 6) is -0.160. The molecule has 2 aliphatic heterocycles. The number of ether oxygens (including phenoxy) is 1. The first-order valence-corrected chi connectivity index (χ1v) is 8.53. The maximum absolute atomic E-state index is 12.3. The standard InChI is InChI=1S/C19H20N4O2/c20-8-13-6-17(21-9-13)19(24)22-15-7-16-12-25-18(11-23(16)10-15)14-4-2-1-3-5-14/h1-6,9,15-16,18,21H,7,10-12H2,(H,22,24)/t15-,16-,18+/m0/s1. The van der Waals surface area contributed by atoms with Crippen molar-refractivity contribution >= 4 is 5.91 Å². The van der Waals surface area contributed by atoms with E-state index in [0.29, 0.717) is 23.9 Å². The fourth-order valence-corrected chi connectivity index (χ4v) is 3.70. The Morgan fingerprint density at radius 3 is 2.92 bits per heavy atom. The van der Waals surface area contributed by atoms with Gasteiger partial charge in [0, 0.05) is 31.4 Å². The van der Waals surface area contributed by atoms with Crippen molar-refractivity contribution in [3.63, 3.8) is 0 Å². The number of amides is 1. The van der Waals surface area contributed by atoms with Crippen LogP contribution < -0.4 is 5.32 Å². The summed E-state index contributed by atoms with van der Waals surface area (Å²) in [7, 11) is 0. The molecular formula is C19H20N4O2. The molecule has 2 fully saturated rings. The molecule has 4 rings (SSSR count). The van der Waals surface area contributed by atoms with Gasteiger partial charge in [0.15, 0.2) is 0 Å². The van der Waals surface area contributed by atoms with Gasteiger partial charge in [0.1, 0.15) is 11.8 Å². The van der Waals surface area contributed by atoms with Gasteiger partial charge in [0.2, 0.25) is 0 Å². The molecular weight excluding hydrogens is 316 g/mol. The SMILES string of the molecule is N#Cc1c[nH]c(C(=O)N[C@H]2C[C@H]3CO[C@@H](c4ccccc4)CN3C2)c1. The van der Waals surface area contributed by atoms with Crippen molar-refractivity contribution in [2.75, 3.05) is 19.7 Å². The van der Waals surface area contributed by atoms with Crippen LogP contribution in [0, 0.1) is 11.3 Å². The quantitative estimate of drug-likeness (QED) is 0.896. The van der Waals surface area contributed by atoms with E-state index in [9.17, 15) is 4.79 Å². The minimum atomic E-state index is -0.160. The lowest BCUT2D eigenvalue weighted by Gasteiger charge is -2.35. The fraction of sp³-hybridized carbons (Fsp3) is 0.368. The molecule has 2 aromatic rings. The van der Waals surface area contributed by atoms with Crippen LogP contribution in [-0.4, -0.2) is 47.6 Å². The van der Waals surface area contributed by atoms with Gasteiger partial charge in [-0.1, -0.05) is 30.3 Å². The average molecular weight is 336 g/mol. The van der Waals surface area contributed by atoms with Gasteiger partial charge < -0.3 is 15.0 Å². The second-order valence-electron chi connectivity index (χ2n) is 6.66. The molecule has 128 valence electrons. The Bertz CT molecular complexity index is 795. The lowest BCUT2D eigenvalue weighted by atomic mass is 10.1. The number of nitrogens with one attached hydrogen (secondary N) is 2. The summed E-state index contributed by atoms with van der Waals surface area (Å²) in [6.07, 6.45) is 2.53. The highest BCUT2D eigenvalue weighted by Crippen LogP contribution is 2.30. The molecule has 0 saturated carbocycles. The zero-order valence-corrected chi connectivity index (χ0v) is 13.8. The van der Waals surface area contributed by atoms with Crippen LogP contribution in [0.15, 0.2) is 42.6 Å². The monoisotopic (exact) mass is 336 g/mol. The van der Waals surface area contributed by atoms with Crippen LogP contribution in [0.4, 0.5) is 0 Å². The van der Waals surface area contributed by atoms with E-state index in [4.69, 9.17) is 10.00 Å². The number of carbonyl (C=O) groups excluding carboxylic acids is 1. The molecule has 0 radical (unpaired) electrons. The highest BCUT2D eigenvalue weighted by Gasteiger charge is 2.38. The molecule has 6 nitrogen and oxygen atoms in total. The Morgan fingerprint density at radius 2 is 2.16 bits per heavy atom. The molecule has 3 atom stereocenters. The third-order valence-corrected chi connectivity index (χ3v) is 4.98. The minimum Gasteiger partial charge on any atom is -0.371 e. The van der Waals surface area contributed by atoms with Crippen LogP contribution in [0.25, 0.3) is 0 Å². The molecule has 0 spiro atoms. The predicted octanol–water partition coefficient (Wildman–Crippen LogP) is 1.83. The number of nitrogens with zero attached hydrogens (tertiary/aromatic N) is 2. The second-order valence-corrected chi connectivity index (χ2v) is 6.66. The molecule has 3 heterocycles. The van der Waals surface area contributed by atoms with E-state index in [2.05, 4.69) is 27.3 Å². The zero-order chi connectivity index (χ0) is 17.2. The van der Waals surface area contributed by atoms with Crippen molar-refractivity contribution in [1.82, 2.24) is 15.2 Å². The van der Waals surface area contributed by atoms with Crippen LogP contribution in [0.1, 0.15) is 34.1 Å². The lowest BCUT2D eigenvalue weighted by molar-refractivity contribution is -0.0502. The molecule has 25 heavy (non-hydrogen) atoms. The van der Waals surface area contributed by atoms with Crippen molar-refractivity contribution in [1.29, 1.82) is 5.26 Å². The molecule has 0 unspecified atom stereocenters. The van der Waals surface area contributed by atoms with Crippen molar-refractivity contribution in [2.24, 2.45) is 0 Å². The Balaban J connectivity index is 1.36. The van der Waals surface area contributed by atoms with Crippen LogP contribution >= 0.6 is 0 Å². The van der Waals surface area contributed by atoms with Crippen LogP contribution in [-0.2, 0) is 4.74 Å². The third-order valence-electron chi connectivity index (χ3n) is 4.98. The molecule has 6 heteroatoms. The number of nitriles is 1. The average Bonchev–Trinajstić information content (AvgIpc) is 3.28. The Kier molecular flexibility index (Phi) is 4.26. The lowest BCUT2D eigenvalue weighted by Crippen LogP contribution is -2.43. The maximum Gasteiger partial charge on any atom is 0.267 e. The van der Waals surface area contributed by atoms with Gasteiger partial charge in [-0.2, -0.15) is 5.26 Å². The normalized spacial score (nSPS) is 26.0. The number of hydrogen-bond acceptors (Lipinski definition) is 4. The number of H-pyrrole nitrogens is 1. The Labute approximate surface area is 146 Å². The van der Waals surface area contributed by atoms with Gasteiger partial charge in [-0.25, -0.2) is 0 Å². The van der Waals surface area contributed by atoms with Gasteiger partial charge in [-0.3, -0.25) is 9.69 Å². The summed E-state index contributed by atoms with van der Waals surface area (Å²) in [6.45, 7) is 2.37. The van der Waals surface area contributed by atoms with Crippen molar-refractivity contribution in [2.45, 2.75) is 24.6 Å². The number of hydrogen-bond donors (Lipinski definition) is 2. The number of fused-ring (bicyclic) bond motifs is 1. The summed E-state index contributed by atoms with van der Waals surface area (Å²) in [5, 5.41) is 11.9. The predicted molar refractivity (Wildman–Crippen MR) is 91.9 cm³/mol. The zero-order valence-electron chi connectivity index (χ0n) is 13.8. The number of morpholine rings is 1. The van der Waals surface area contributed by atoms with Crippen molar-refractivity contribution in [3.8, 4) is 6.07 Å². The second kappa shape index (κ2) is 6.71. The van der Waals surface area contributed by atoms with E-state index in [1.807, 2.05) is 24.3 Å². The van der Waals surface area contributed by atoms with E-state index in [-0.39, 0.29) is 18.1 Å². The Hall–Kier alpha value is -2.62. The minimum absolute atomic E-state index is 0.0912. The van der Waals surface area contributed by atoms with Gasteiger partial charge in [0.25, 0.3) is 5.91 Å². The summed E-state index contributed by atoms with van der Waals surface area (Å²) in [4.78, 5) is 17.6.